The molecule has 0 aromatic heterocycles. The summed E-state index contributed by atoms with van der Waals surface area (Å²) in [6.07, 6.45) is 14.4. The summed E-state index contributed by atoms with van der Waals surface area (Å²) < 4.78 is 0. The first-order chi connectivity index (χ1) is 8.27. The Hall–Kier alpha value is 0.500. The number of unbranched alkanes of at least 4 members (excludes halogenated alkanes) is 9. The van der Waals surface area contributed by atoms with E-state index in [0.717, 1.165) is 0 Å². The van der Waals surface area contributed by atoms with Crippen LogP contribution in [-0.2, 0) is 0 Å². The van der Waals surface area contributed by atoms with E-state index in [1.54, 1.807) is 0 Å². The Morgan fingerprint density at radius 3 is 1.39 bits per heavy atom. The minimum Gasteiger partial charge on any atom is -0.309 e. The zero-order valence-corrected chi connectivity index (χ0v) is 14.2. The topological polar surface area (TPSA) is 29.3 Å². The molecule has 0 atom stereocenters. The molecule has 0 saturated carbocycles. The molecule has 0 heterocycles. The molecule has 2 nitrogen and oxygen atoms in total. The summed E-state index contributed by atoms with van der Waals surface area (Å²) in [6.45, 7) is 3.54. The molecular formula is C14H34Cl2N2. The average molecular weight is 301 g/mol. The second-order valence-electron chi connectivity index (χ2n) is 4.99. The van der Waals surface area contributed by atoms with Gasteiger partial charge in [-0.25, -0.2) is 5.25 Å². The lowest BCUT2D eigenvalue weighted by atomic mass is 10.1. The van der Waals surface area contributed by atoms with Gasteiger partial charge in [-0.1, -0.05) is 64.7 Å². The van der Waals surface area contributed by atoms with Crippen molar-refractivity contribution in [3.05, 3.63) is 0 Å². The molecule has 0 unspecified atom stereocenters. The fraction of sp³-hybridized carbons (Fsp3) is 1.00. The second-order valence-corrected chi connectivity index (χ2v) is 4.99. The fourth-order valence-electron chi connectivity index (χ4n) is 1.92. The van der Waals surface area contributed by atoms with Crippen LogP contribution in [0.5, 0.6) is 0 Å². The summed E-state index contributed by atoms with van der Waals surface area (Å²) in [6, 6.07) is 0. The van der Waals surface area contributed by atoms with Crippen molar-refractivity contribution in [2.24, 2.45) is 5.25 Å². The van der Waals surface area contributed by atoms with Gasteiger partial charge in [0.05, 0.1) is 0 Å². The highest BCUT2D eigenvalue weighted by atomic mass is 35.5. The first-order valence-corrected chi connectivity index (χ1v) is 7.57. The lowest BCUT2D eigenvalue weighted by molar-refractivity contribution is 0.389. The Balaban J connectivity index is -0.000000709. The van der Waals surface area contributed by atoms with Crippen LogP contribution in [0.3, 0.4) is 0 Å². The summed E-state index contributed by atoms with van der Waals surface area (Å²) in [5.41, 5.74) is 0. The average Bonchev–Trinajstić information content (AvgIpc) is 2.34. The van der Waals surface area contributed by atoms with Gasteiger partial charge in [0, 0.05) is 0 Å². The molecule has 0 aromatic rings. The van der Waals surface area contributed by atoms with Crippen molar-refractivity contribution in [1.29, 1.82) is 0 Å². The van der Waals surface area contributed by atoms with Crippen molar-refractivity contribution in [3.8, 4) is 0 Å². The van der Waals surface area contributed by atoms with Crippen LogP contribution in [0.1, 0.15) is 71.1 Å². The Labute approximate surface area is 126 Å². The molecule has 0 aromatic carbocycles. The van der Waals surface area contributed by atoms with E-state index in [2.05, 4.69) is 42.9 Å². The minimum absolute atomic E-state index is 0. The van der Waals surface area contributed by atoms with E-state index in [1.165, 1.54) is 70.8 Å². The lowest BCUT2D eigenvalue weighted by Gasteiger charge is -2.08. The summed E-state index contributed by atoms with van der Waals surface area (Å²) >= 11 is 4.14. The standard InChI is InChI=1S/C14H31N.ClH2N.ClH/c1-4-5-6-7-8-9-10-11-12-13-14-15(2)3;1-2;/h4-14H2,1-3H3;2H2;1H. The van der Waals surface area contributed by atoms with Crippen molar-refractivity contribution in [2.45, 2.75) is 71.1 Å². The molecule has 0 saturated heterocycles. The predicted molar refractivity (Wildman–Crippen MR) is 87.7 cm³/mol. The Kier molecular flexibility index (Phi) is 29.7. The second kappa shape index (κ2) is 22.7. The van der Waals surface area contributed by atoms with Gasteiger partial charge >= 0.3 is 0 Å². The number of rotatable bonds is 11. The summed E-state index contributed by atoms with van der Waals surface area (Å²) in [4.78, 5) is 2.28. The molecule has 0 rings (SSSR count). The van der Waals surface area contributed by atoms with Crippen LogP contribution in [0, 0.1) is 0 Å². The van der Waals surface area contributed by atoms with E-state index >= 15 is 0 Å². The highest BCUT2D eigenvalue weighted by Crippen LogP contribution is 2.10. The molecule has 4 heteroatoms. The van der Waals surface area contributed by atoms with E-state index < -0.39 is 0 Å². The van der Waals surface area contributed by atoms with Crippen LogP contribution in [0.4, 0.5) is 0 Å². The molecule has 0 aliphatic rings. The molecule has 0 radical (unpaired) electrons. The maximum atomic E-state index is 4.14. The van der Waals surface area contributed by atoms with Crippen LogP contribution >= 0.6 is 24.2 Å². The van der Waals surface area contributed by atoms with E-state index in [0.29, 0.717) is 0 Å². The van der Waals surface area contributed by atoms with Crippen molar-refractivity contribution in [2.75, 3.05) is 20.6 Å². The molecule has 114 valence electrons. The number of hydrogen-bond acceptors (Lipinski definition) is 2. The van der Waals surface area contributed by atoms with Gasteiger partial charge in [-0.2, -0.15) is 0 Å². The molecular weight excluding hydrogens is 267 g/mol. The predicted octanol–water partition coefficient (Wildman–Crippen LogP) is 4.99. The van der Waals surface area contributed by atoms with Crippen molar-refractivity contribution in [1.82, 2.24) is 4.90 Å². The van der Waals surface area contributed by atoms with E-state index in [-0.39, 0.29) is 12.4 Å². The van der Waals surface area contributed by atoms with Gasteiger partial charge in [0.15, 0.2) is 0 Å². The van der Waals surface area contributed by atoms with Crippen molar-refractivity contribution < 1.29 is 0 Å². The molecule has 0 aliphatic carbocycles. The smallest absolute Gasteiger partial charge is 0.00248 e. The van der Waals surface area contributed by atoms with Gasteiger partial charge < -0.3 is 4.90 Å². The van der Waals surface area contributed by atoms with Crippen LogP contribution < -0.4 is 5.25 Å². The summed E-state index contributed by atoms with van der Waals surface area (Å²) in [5.74, 6) is 0. The van der Waals surface area contributed by atoms with Gasteiger partial charge in [-0.15, -0.1) is 12.4 Å². The monoisotopic (exact) mass is 300 g/mol. The van der Waals surface area contributed by atoms with Gasteiger partial charge in [0.1, 0.15) is 0 Å². The van der Waals surface area contributed by atoms with Crippen molar-refractivity contribution in [3.63, 3.8) is 0 Å². The molecule has 0 spiro atoms. The highest BCUT2D eigenvalue weighted by molar-refractivity contribution is 6.11. The van der Waals surface area contributed by atoms with E-state index in [1.807, 2.05) is 0 Å². The van der Waals surface area contributed by atoms with Gasteiger partial charge in [-0.05, 0) is 38.8 Å². The van der Waals surface area contributed by atoms with E-state index in [9.17, 15) is 0 Å². The first-order valence-electron chi connectivity index (χ1n) is 7.14. The van der Waals surface area contributed by atoms with Gasteiger partial charge in [0.25, 0.3) is 0 Å². The molecule has 2 N–H and O–H groups in total. The van der Waals surface area contributed by atoms with Gasteiger partial charge in [0.2, 0.25) is 0 Å². The van der Waals surface area contributed by atoms with Crippen LogP contribution in [0.15, 0.2) is 0 Å². The Morgan fingerprint density at radius 2 is 1.06 bits per heavy atom. The minimum atomic E-state index is 0. The Morgan fingerprint density at radius 1 is 0.722 bits per heavy atom. The quantitative estimate of drug-likeness (QED) is 0.430. The molecule has 0 aliphatic heterocycles. The maximum absolute atomic E-state index is 4.14. The number of nitrogens with zero attached hydrogens (tertiary/aromatic N) is 1. The zero-order valence-electron chi connectivity index (χ0n) is 12.6. The Bertz CT molecular complexity index is 122. The summed E-state index contributed by atoms with van der Waals surface area (Å²) in [5, 5.41) is 3.97. The maximum Gasteiger partial charge on any atom is -0.00248 e. The highest BCUT2D eigenvalue weighted by Gasteiger charge is 1.93. The van der Waals surface area contributed by atoms with Crippen molar-refractivity contribution >= 4 is 24.2 Å². The van der Waals surface area contributed by atoms with Gasteiger partial charge in [-0.3, -0.25) is 0 Å². The van der Waals surface area contributed by atoms with Crippen LogP contribution in [-0.4, -0.2) is 25.5 Å². The number of nitrogens with two attached hydrogens (primary N) is 1. The zero-order chi connectivity index (χ0) is 13.4. The third-order valence-electron chi connectivity index (χ3n) is 2.96. The molecule has 18 heavy (non-hydrogen) atoms. The molecule has 0 bridgehead atoms. The summed E-state index contributed by atoms with van der Waals surface area (Å²) in [7, 11) is 4.32. The molecule has 0 amide bonds. The first kappa shape index (κ1) is 23.6. The largest absolute Gasteiger partial charge is 0.309 e. The number of hydrogen-bond donors (Lipinski definition) is 1. The molecule has 0 fully saturated rings. The van der Waals surface area contributed by atoms with Crippen LogP contribution in [0.25, 0.3) is 0 Å². The van der Waals surface area contributed by atoms with E-state index in [4.69, 9.17) is 0 Å². The number of halogens is 2. The fourth-order valence-corrected chi connectivity index (χ4v) is 1.92. The normalized spacial score (nSPS) is 9.67. The van der Waals surface area contributed by atoms with Crippen LogP contribution in [0.2, 0.25) is 0 Å². The third-order valence-corrected chi connectivity index (χ3v) is 2.96. The lowest BCUT2D eigenvalue weighted by Crippen LogP contribution is -2.12. The SMILES string of the molecule is CCCCCCCCCCCCN(C)C.Cl.NCl. The third kappa shape index (κ3) is 25.4.